The Hall–Kier alpha value is -0.680. The summed E-state index contributed by atoms with van der Waals surface area (Å²) in [5.41, 5.74) is 0. The third-order valence-electron chi connectivity index (χ3n) is 1.92. The number of carbonyl (C=O) groups is 1. The summed E-state index contributed by atoms with van der Waals surface area (Å²) in [5.74, 6) is 1.20. The Labute approximate surface area is 94.0 Å². The van der Waals surface area contributed by atoms with Gasteiger partial charge in [0.15, 0.2) is 0 Å². The summed E-state index contributed by atoms with van der Waals surface area (Å²) in [5, 5.41) is 5.71. The maximum Gasteiger partial charge on any atom is 0.237 e. The maximum absolute atomic E-state index is 11.3. The fourth-order valence-corrected chi connectivity index (χ4v) is 1.59. The summed E-state index contributed by atoms with van der Waals surface area (Å²) < 4.78 is 11.1. The van der Waals surface area contributed by atoms with Gasteiger partial charge in [-0.2, -0.15) is 0 Å². The second-order valence-electron chi connectivity index (χ2n) is 3.14. The Balaban J connectivity index is 3.63. The standard InChI is InChI=1S/C10H20N2O2S/c1-4-6-12-10(13)9(3)11-7-8-15(14)5-2/h4,9,11H,1,5-8H2,2-3H3,(H,12,13). The van der Waals surface area contributed by atoms with E-state index in [0.29, 0.717) is 24.6 Å². The molecule has 0 rings (SSSR count). The van der Waals surface area contributed by atoms with Crippen LogP contribution in [0.2, 0.25) is 0 Å². The summed E-state index contributed by atoms with van der Waals surface area (Å²) in [6.07, 6.45) is 1.64. The average molecular weight is 232 g/mol. The SMILES string of the molecule is C=CCNC(=O)C(C)NCCS(=O)CC. The number of rotatable bonds is 8. The fraction of sp³-hybridized carbons (Fsp3) is 0.700. The highest BCUT2D eigenvalue weighted by Crippen LogP contribution is 1.84. The first-order chi connectivity index (χ1) is 7.11. The van der Waals surface area contributed by atoms with Gasteiger partial charge in [-0.25, -0.2) is 0 Å². The van der Waals surface area contributed by atoms with Crippen LogP contribution in [-0.2, 0) is 15.6 Å². The van der Waals surface area contributed by atoms with Gasteiger partial charge < -0.3 is 10.6 Å². The highest BCUT2D eigenvalue weighted by molar-refractivity contribution is 7.84. The van der Waals surface area contributed by atoms with Crippen molar-refractivity contribution in [1.29, 1.82) is 0 Å². The first kappa shape index (κ1) is 14.3. The van der Waals surface area contributed by atoms with Crippen LogP contribution in [-0.4, -0.2) is 40.8 Å². The van der Waals surface area contributed by atoms with Gasteiger partial charge in [0, 0.05) is 35.4 Å². The number of hydrogen-bond donors (Lipinski definition) is 2. The second-order valence-corrected chi connectivity index (χ2v) is 5.01. The van der Waals surface area contributed by atoms with Crippen LogP contribution in [0.3, 0.4) is 0 Å². The molecule has 88 valence electrons. The minimum absolute atomic E-state index is 0.0582. The second kappa shape index (κ2) is 8.61. The van der Waals surface area contributed by atoms with Gasteiger partial charge in [0.25, 0.3) is 0 Å². The zero-order chi connectivity index (χ0) is 11.7. The van der Waals surface area contributed by atoms with E-state index in [1.807, 2.05) is 6.92 Å². The lowest BCUT2D eigenvalue weighted by Gasteiger charge is -2.12. The van der Waals surface area contributed by atoms with E-state index in [2.05, 4.69) is 17.2 Å². The molecule has 2 atom stereocenters. The molecule has 0 fully saturated rings. The molecule has 0 saturated heterocycles. The average Bonchev–Trinajstić information content (AvgIpc) is 2.25. The highest BCUT2D eigenvalue weighted by Gasteiger charge is 2.10. The maximum atomic E-state index is 11.3. The van der Waals surface area contributed by atoms with Gasteiger partial charge in [-0.1, -0.05) is 13.0 Å². The van der Waals surface area contributed by atoms with Crippen LogP contribution in [0.5, 0.6) is 0 Å². The molecule has 0 aliphatic carbocycles. The molecular weight excluding hydrogens is 212 g/mol. The first-order valence-electron chi connectivity index (χ1n) is 5.08. The fourth-order valence-electron chi connectivity index (χ4n) is 0.952. The van der Waals surface area contributed by atoms with Crippen LogP contribution >= 0.6 is 0 Å². The molecule has 0 saturated carbocycles. The monoisotopic (exact) mass is 232 g/mol. The first-order valence-corrected chi connectivity index (χ1v) is 6.57. The molecule has 0 heterocycles. The topological polar surface area (TPSA) is 58.2 Å². The molecule has 2 unspecified atom stereocenters. The van der Waals surface area contributed by atoms with E-state index in [9.17, 15) is 9.00 Å². The molecule has 0 radical (unpaired) electrons. The third kappa shape index (κ3) is 7.27. The van der Waals surface area contributed by atoms with Crippen LogP contribution in [0.25, 0.3) is 0 Å². The van der Waals surface area contributed by atoms with E-state index in [-0.39, 0.29) is 11.9 Å². The Morgan fingerprint density at radius 1 is 1.60 bits per heavy atom. The number of carbonyl (C=O) groups excluding carboxylic acids is 1. The van der Waals surface area contributed by atoms with Crippen molar-refractivity contribution in [2.75, 3.05) is 24.6 Å². The van der Waals surface area contributed by atoms with E-state index in [1.165, 1.54) is 0 Å². The Morgan fingerprint density at radius 3 is 2.80 bits per heavy atom. The van der Waals surface area contributed by atoms with Gasteiger partial charge in [0.05, 0.1) is 6.04 Å². The number of hydrogen-bond acceptors (Lipinski definition) is 3. The van der Waals surface area contributed by atoms with E-state index in [1.54, 1.807) is 13.0 Å². The van der Waals surface area contributed by atoms with Crippen LogP contribution in [0.1, 0.15) is 13.8 Å². The van der Waals surface area contributed by atoms with Gasteiger partial charge in [-0.05, 0) is 6.92 Å². The highest BCUT2D eigenvalue weighted by atomic mass is 32.2. The zero-order valence-electron chi connectivity index (χ0n) is 9.41. The van der Waals surface area contributed by atoms with Crippen molar-refractivity contribution < 1.29 is 9.00 Å². The molecule has 0 spiro atoms. The molecule has 4 nitrogen and oxygen atoms in total. The normalized spacial score (nSPS) is 14.3. The molecule has 5 heteroatoms. The van der Waals surface area contributed by atoms with Gasteiger partial charge in [0.1, 0.15) is 0 Å². The predicted octanol–water partition coefficient (Wildman–Crippen LogP) is 0.0353. The van der Waals surface area contributed by atoms with Gasteiger partial charge in [0.2, 0.25) is 5.91 Å². The van der Waals surface area contributed by atoms with Crippen molar-refractivity contribution >= 4 is 16.7 Å². The van der Waals surface area contributed by atoms with E-state index in [0.717, 1.165) is 0 Å². The number of amides is 1. The molecule has 0 bridgehead atoms. The molecular formula is C10H20N2O2S. The predicted molar refractivity (Wildman–Crippen MR) is 64.2 cm³/mol. The Kier molecular flexibility index (Phi) is 8.22. The van der Waals surface area contributed by atoms with E-state index >= 15 is 0 Å². The summed E-state index contributed by atoms with van der Waals surface area (Å²) >= 11 is 0. The summed E-state index contributed by atoms with van der Waals surface area (Å²) in [7, 11) is -0.772. The van der Waals surface area contributed by atoms with Gasteiger partial charge in [-0.15, -0.1) is 6.58 Å². The Morgan fingerprint density at radius 2 is 2.27 bits per heavy atom. The Bertz CT molecular complexity index is 231. The minimum atomic E-state index is -0.772. The quantitative estimate of drug-likeness (QED) is 0.581. The van der Waals surface area contributed by atoms with E-state index in [4.69, 9.17) is 0 Å². The van der Waals surface area contributed by atoms with Crippen LogP contribution in [0, 0.1) is 0 Å². The molecule has 15 heavy (non-hydrogen) atoms. The van der Waals surface area contributed by atoms with E-state index < -0.39 is 10.8 Å². The van der Waals surface area contributed by atoms with Crippen LogP contribution in [0.15, 0.2) is 12.7 Å². The zero-order valence-corrected chi connectivity index (χ0v) is 10.2. The van der Waals surface area contributed by atoms with Crippen molar-refractivity contribution in [3.8, 4) is 0 Å². The van der Waals surface area contributed by atoms with Gasteiger partial charge >= 0.3 is 0 Å². The minimum Gasteiger partial charge on any atom is -0.351 e. The lowest BCUT2D eigenvalue weighted by molar-refractivity contribution is -0.122. The van der Waals surface area contributed by atoms with Gasteiger partial charge in [-0.3, -0.25) is 9.00 Å². The van der Waals surface area contributed by atoms with Crippen LogP contribution < -0.4 is 10.6 Å². The molecule has 0 aromatic rings. The molecule has 0 aromatic carbocycles. The van der Waals surface area contributed by atoms with Crippen molar-refractivity contribution in [2.45, 2.75) is 19.9 Å². The molecule has 0 aromatic heterocycles. The lowest BCUT2D eigenvalue weighted by Crippen LogP contribution is -2.43. The largest absolute Gasteiger partial charge is 0.351 e. The van der Waals surface area contributed by atoms with Crippen molar-refractivity contribution in [3.63, 3.8) is 0 Å². The van der Waals surface area contributed by atoms with Crippen molar-refractivity contribution in [1.82, 2.24) is 10.6 Å². The molecule has 0 aliphatic rings. The molecule has 2 N–H and O–H groups in total. The lowest BCUT2D eigenvalue weighted by atomic mass is 10.3. The smallest absolute Gasteiger partial charge is 0.237 e. The summed E-state index contributed by atoms with van der Waals surface area (Å²) in [6.45, 7) is 8.26. The van der Waals surface area contributed by atoms with Crippen molar-refractivity contribution in [3.05, 3.63) is 12.7 Å². The number of nitrogens with one attached hydrogen (secondary N) is 2. The van der Waals surface area contributed by atoms with Crippen molar-refractivity contribution in [2.24, 2.45) is 0 Å². The molecule has 0 aliphatic heterocycles. The molecule has 1 amide bonds. The van der Waals surface area contributed by atoms with Crippen LogP contribution in [0.4, 0.5) is 0 Å². The summed E-state index contributed by atoms with van der Waals surface area (Å²) in [4.78, 5) is 11.3. The third-order valence-corrected chi connectivity index (χ3v) is 3.22. The summed E-state index contributed by atoms with van der Waals surface area (Å²) in [6, 6.07) is -0.251.